The number of carbonyl (C=O) groups excluding carboxylic acids is 3. The molecule has 0 N–H and O–H groups in total. The van der Waals surface area contributed by atoms with Crippen LogP contribution in [0.5, 0.6) is 0 Å². The van der Waals surface area contributed by atoms with Gasteiger partial charge < -0.3 is 28.4 Å². The van der Waals surface area contributed by atoms with Crippen LogP contribution in [0.3, 0.4) is 0 Å². The molecule has 1 aliphatic rings. The average molecular weight is 478 g/mol. The van der Waals surface area contributed by atoms with Gasteiger partial charge in [0.05, 0.1) is 59.5 Å². The van der Waals surface area contributed by atoms with E-state index in [0.29, 0.717) is 59.6 Å². The van der Waals surface area contributed by atoms with Gasteiger partial charge in [-0.05, 0) is 20.8 Å². The van der Waals surface area contributed by atoms with Gasteiger partial charge in [-0.3, -0.25) is 29.1 Å². The molecule has 33 heavy (non-hydrogen) atoms. The molecule has 1 rings (SSSR count). The first-order chi connectivity index (χ1) is 16.0. The van der Waals surface area contributed by atoms with Gasteiger partial charge in [0.25, 0.3) is 0 Å². The number of hydrogen-bond acceptors (Lipinski definition) is 12. The Morgan fingerprint density at radius 1 is 0.515 bits per heavy atom. The molecule has 1 aliphatic heterocycles. The van der Waals surface area contributed by atoms with Crippen molar-refractivity contribution in [2.45, 2.75) is 20.8 Å². The highest BCUT2D eigenvalue weighted by Crippen LogP contribution is 2.08. The van der Waals surface area contributed by atoms with Gasteiger partial charge in [-0.1, -0.05) is 0 Å². The molecule has 12 heteroatoms. The quantitative estimate of drug-likeness (QED) is 0.144. The summed E-state index contributed by atoms with van der Waals surface area (Å²) < 4.78 is 31.0. The van der Waals surface area contributed by atoms with Crippen LogP contribution >= 0.6 is 0 Å². The number of rotatable bonds is 18. The van der Waals surface area contributed by atoms with E-state index in [0.717, 1.165) is 0 Å². The zero-order valence-electron chi connectivity index (χ0n) is 20.1. The second kappa shape index (κ2) is 18.6. The third-order valence-electron chi connectivity index (χ3n) is 4.34. The first-order valence-electron chi connectivity index (χ1n) is 11.4. The van der Waals surface area contributed by atoms with Gasteiger partial charge in [0.15, 0.2) is 0 Å². The van der Waals surface area contributed by atoms with E-state index in [-0.39, 0.29) is 39.5 Å². The molecule has 0 amide bonds. The summed E-state index contributed by atoms with van der Waals surface area (Å²) in [7, 11) is 0. The first-order valence-corrected chi connectivity index (χ1v) is 11.4. The highest BCUT2D eigenvalue weighted by Gasteiger charge is 2.28. The smallest absolute Gasteiger partial charge is 0.320 e. The van der Waals surface area contributed by atoms with E-state index < -0.39 is 17.9 Å². The summed E-state index contributed by atoms with van der Waals surface area (Å²) in [4.78, 5) is 41.9. The molecule has 0 aromatic carbocycles. The Hall–Kier alpha value is -1.83. The second-order valence-corrected chi connectivity index (χ2v) is 7.16. The van der Waals surface area contributed by atoms with Crippen LogP contribution in [-0.2, 0) is 42.8 Å². The maximum atomic E-state index is 12.2. The Bertz CT molecular complexity index is 483. The van der Waals surface area contributed by atoms with E-state index in [4.69, 9.17) is 28.4 Å². The maximum Gasteiger partial charge on any atom is 0.320 e. The fraction of sp³-hybridized carbons (Fsp3) is 0.857. The van der Waals surface area contributed by atoms with Crippen molar-refractivity contribution in [3.05, 3.63) is 0 Å². The standard InChI is InChI=1S/C21H39N3O9/c1-4-28-7-10-31-19(25)13-22-16-23(14-20(26)32-11-8-29-5-2)18-24(17-22)15-21(27)33-12-9-30-6-3/h4-18H2,1-3H3. The number of esters is 3. The molecule has 0 atom stereocenters. The molecule has 0 aromatic heterocycles. The van der Waals surface area contributed by atoms with Gasteiger partial charge >= 0.3 is 17.9 Å². The minimum atomic E-state index is -0.407. The van der Waals surface area contributed by atoms with E-state index >= 15 is 0 Å². The monoisotopic (exact) mass is 477 g/mol. The Morgan fingerprint density at radius 3 is 1.03 bits per heavy atom. The molecular formula is C21H39N3O9. The number of carbonyl (C=O) groups is 3. The van der Waals surface area contributed by atoms with Crippen LogP contribution in [0.25, 0.3) is 0 Å². The number of nitrogens with zero attached hydrogens (tertiary/aromatic N) is 3. The number of hydrogen-bond donors (Lipinski definition) is 0. The molecule has 0 unspecified atom stereocenters. The lowest BCUT2D eigenvalue weighted by Crippen LogP contribution is -2.58. The minimum Gasteiger partial charge on any atom is -0.462 e. The largest absolute Gasteiger partial charge is 0.462 e. The van der Waals surface area contributed by atoms with Crippen molar-refractivity contribution < 1.29 is 42.8 Å². The summed E-state index contributed by atoms with van der Waals surface area (Å²) >= 11 is 0. The number of ether oxygens (including phenoxy) is 6. The Labute approximate surface area is 195 Å². The molecule has 0 aromatic rings. The molecule has 12 nitrogen and oxygen atoms in total. The SMILES string of the molecule is CCOCCOC(=O)CN1CN(CC(=O)OCCOCC)CN(CC(=O)OCCOCC)C1. The van der Waals surface area contributed by atoms with Gasteiger partial charge in [0.2, 0.25) is 0 Å². The highest BCUT2D eigenvalue weighted by molar-refractivity contribution is 5.73. The van der Waals surface area contributed by atoms with E-state index in [9.17, 15) is 14.4 Å². The predicted molar refractivity (Wildman–Crippen MR) is 117 cm³/mol. The van der Waals surface area contributed by atoms with Crippen molar-refractivity contribution in [2.24, 2.45) is 0 Å². The molecule has 0 saturated carbocycles. The Kier molecular flexibility index (Phi) is 16.4. The zero-order valence-corrected chi connectivity index (χ0v) is 20.1. The van der Waals surface area contributed by atoms with Crippen molar-refractivity contribution in [1.82, 2.24) is 14.7 Å². The fourth-order valence-corrected chi connectivity index (χ4v) is 3.04. The highest BCUT2D eigenvalue weighted by atomic mass is 16.6. The molecule has 192 valence electrons. The summed E-state index contributed by atoms with van der Waals surface area (Å²) in [6.45, 7) is 9.83. The molecule has 0 spiro atoms. The molecule has 1 fully saturated rings. The third kappa shape index (κ3) is 14.8. The lowest BCUT2D eigenvalue weighted by atomic mass is 10.4. The van der Waals surface area contributed by atoms with Crippen LogP contribution in [0.2, 0.25) is 0 Å². The summed E-state index contributed by atoms with van der Waals surface area (Å²) in [5.41, 5.74) is 0. The minimum absolute atomic E-state index is 0.0118. The zero-order chi connectivity index (χ0) is 24.3. The molecule has 0 aliphatic carbocycles. The van der Waals surface area contributed by atoms with Crippen molar-refractivity contribution in [3.8, 4) is 0 Å². The molecule has 1 saturated heterocycles. The van der Waals surface area contributed by atoms with Crippen LogP contribution in [0.4, 0.5) is 0 Å². The fourth-order valence-electron chi connectivity index (χ4n) is 3.04. The lowest BCUT2D eigenvalue weighted by Gasteiger charge is -2.40. The summed E-state index contributed by atoms with van der Waals surface area (Å²) in [6.07, 6.45) is 0. The van der Waals surface area contributed by atoms with Gasteiger partial charge in [0, 0.05) is 19.8 Å². The van der Waals surface area contributed by atoms with Crippen molar-refractivity contribution in [3.63, 3.8) is 0 Å². The summed E-state index contributed by atoms with van der Waals surface area (Å²) in [6, 6.07) is 0. The topological polar surface area (TPSA) is 116 Å². The first kappa shape index (κ1) is 29.2. The van der Waals surface area contributed by atoms with Crippen molar-refractivity contribution in [1.29, 1.82) is 0 Å². The summed E-state index contributed by atoms with van der Waals surface area (Å²) in [5, 5.41) is 0. The average Bonchev–Trinajstić information content (AvgIpc) is 2.77. The van der Waals surface area contributed by atoms with Crippen LogP contribution < -0.4 is 0 Å². The second-order valence-electron chi connectivity index (χ2n) is 7.16. The van der Waals surface area contributed by atoms with E-state index in [2.05, 4.69) is 0 Å². The maximum absolute atomic E-state index is 12.2. The molecule has 0 bridgehead atoms. The van der Waals surface area contributed by atoms with Crippen LogP contribution in [0.1, 0.15) is 20.8 Å². The van der Waals surface area contributed by atoms with Gasteiger partial charge in [-0.15, -0.1) is 0 Å². The van der Waals surface area contributed by atoms with Crippen LogP contribution in [0.15, 0.2) is 0 Å². The Morgan fingerprint density at radius 2 is 0.788 bits per heavy atom. The van der Waals surface area contributed by atoms with Gasteiger partial charge in [-0.25, -0.2) is 0 Å². The van der Waals surface area contributed by atoms with E-state index in [1.54, 1.807) is 14.7 Å². The normalized spacial score (nSPS) is 15.4. The van der Waals surface area contributed by atoms with Crippen molar-refractivity contribution >= 4 is 17.9 Å². The third-order valence-corrected chi connectivity index (χ3v) is 4.34. The van der Waals surface area contributed by atoms with Gasteiger partial charge in [-0.2, -0.15) is 0 Å². The lowest BCUT2D eigenvalue weighted by molar-refractivity contribution is -0.156. The van der Waals surface area contributed by atoms with Crippen molar-refractivity contribution in [2.75, 3.05) is 99.1 Å². The molecule has 0 radical (unpaired) electrons. The Balaban J connectivity index is 2.57. The van der Waals surface area contributed by atoms with Gasteiger partial charge in [0.1, 0.15) is 19.8 Å². The molecule has 1 heterocycles. The van der Waals surface area contributed by atoms with E-state index in [1.807, 2.05) is 20.8 Å². The van der Waals surface area contributed by atoms with Crippen LogP contribution in [-0.4, -0.2) is 132 Å². The van der Waals surface area contributed by atoms with E-state index in [1.165, 1.54) is 0 Å². The summed E-state index contributed by atoms with van der Waals surface area (Å²) in [5.74, 6) is -1.22. The molecular weight excluding hydrogens is 438 g/mol. The van der Waals surface area contributed by atoms with Crippen LogP contribution in [0, 0.1) is 0 Å². The predicted octanol–water partition coefficient (Wildman–Crippen LogP) is -0.482.